The molecular formula is C11H18O3. The molecule has 4 unspecified atom stereocenters. The van der Waals surface area contributed by atoms with Gasteiger partial charge in [-0.15, -0.1) is 0 Å². The fourth-order valence-electron chi connectivity index (χ4n) is 2.46. The lowest BCUT2D eigenvalue weighted by Crippen LogP contribution is -2.47. The molecule has 2 aliphatic rings. The van der Waals surface area contributed by atoms with E-state index < -0.39 is 0 Å². The van der Waals surface area contributed by atoms with E-state index in [1.54, 1.807) is 0 Å². The van der Waals surface area contributed by atoms with Crippen LogP contribution >= 0.6 is 0 Å². The zero-order valence-corrected chi connectivity index (χ0v) is 8.39. The Bertz CT molecular complexity index is 205. The lowest BCUT2D eigenvalue weighted by atomic mass is 9.83. The van der Waals surface area contributed by atoms with Gasteiger partial charge in [-0.2, -0.15) is 0 Å². The Hall–Kier alpha value is -0.540. The second-order valence-corrected chi connectivity index (χ2v) is 4.20. The fraction of sp³-hybridized carbons (Fsp3) is 0.818. The molecule has 4 atom stereocenters. The van der Waals surface area contributed by atoms with Gasteiger partial charge in [0.05, 0.1) is 31.2 Å². The molecule has 0 aromatic rings. The number of fused-ring (bicyclic) bond motifs is 2. The van der Waals surface area contributed by atoms with Crippen LogP contribution < -0.4 is 0 Å². The molecule has 1 N–H and O–H groups in total. The highest BCUT2D eigenvalue weighted by atomic mass is 16.5. The van der Waals surface area contributed by atoms with Crippen LogP contribution in [0, 0.1) is 5.92 Å². The van der Waals surface area contributed by atoms with E-state index in [0.717, 1.165) is 25.7 Å². The SMILES string of the molecule is C=COCC1CCC2OC1CCC2O. The van der Waals surface area contributed by atoms with Crippen LogP contribution in [0.3, 0.4) is 0 Å². The van der Waals surface area contributed by atoms with Crippen molar-refractivity contribution in [3.05, 3.63) is 12.8 Å². The average Bonchev–Trinajstić information content (AvgIpc) is 2.22. The van der Waals surface area contributed by atoms with E-state index >= 15 is 0 Å². The van der Waals surface area contributed by atoms with E-state index in [1.165, 1.54) is 6.26 Å². The number of aliphatic hydroxyl groups is 1. The van der Waals surface area contributed by atoms with Crippen LogP contribution in [0.2, 0.25) is 0 Å². The smallest absolute Gasteiger partial charge is 0.0925 e. The van der Waals surface area contributed by atoms with E-state index in [9.17, 15) is 5.11 Å². The van der Waals surface area contributed by atoms with Gasteiger partial charge in [0.15, 0.2) is 0 Å². The van der Waals surface area contributed by atoms with Crippen LogP contribution in [-0.2, 0) is 9.47 Å². The summed E-state index contributed by atoms with van der Waals surface area (Å²) in [5, 5.41) is 9.61. The summed E-state index contributed by atoms with van der Waals surface area (Å²) in [5.74, 6) is 0.483. The van der Waals surface area contributed by atoms with E-state index in [2.05, 4.69) is 6.58 Å². The van der Waals surface area contributed by atoms with Gasteiger partial charge in [-0.1, -0.05) is 6.58 Å². The number of rotatable bonds is 3. The molecule has 2 fully saturated rings. The Kier molecular flexibility index (Phi) is 3.08. The molecule has 2 heterocycles. The molecule has 0 aromatic heterocycles. The van der Waals surface area contributed by atoms with Crippen LogP contribution in [0.1, 0.15) is 25.7 Å². The zero-order chi connectivity index (χ0) is 9.97. The minimum atomic E-state index is -0.243. The van der Waals surface area contributed by atoms with Crippen LogP contribution in [0.15, 0.2) is 12.8 Å². The minimum Gasteiger partial charge on any atom is -0.501 e. The predicted molar refractivity (Wildman–Crippen MR) is 52.8 cm³/mol. The lowest BCUT2D eigenvalue weighted by Gasteiger charge is -2.42. The first-order chi connectivity index (χ1) is 6.81. The summed E-state index contributed by atoms with van der Waals surface area (Å²) < 4.78 is 11.0. The third-order valence-corrected chi connectivity index (χ3v) is 3.30. The van der Waals surface area contributed by atoms with Crippen molar-refractivity contribution in [2.75, 3.05) is 6.61 Å². The third kappa shape index (κ3) is 1.93. The predicted octanol–water partition coefficient (Wildman–Crippen LogP) is 1.46. The van der Waals surface area contributed by atoms with E-state index in [4.69, 9.17) is 9.47 Å². The van der Waals surface area contributed by atoms with Crippen molar-refractivity contribution < 1.29 is 14.6 Å². The number of ether oxygens (including phenoxy) is 2. The summed E-state index contributed by atoms with van der Waals surface area (Å²) in [6.07, 6.45) is 5.51. The van der Waals surface area contributed by atoms with Crippen molar-refractivity contribution >= 4 is 0 Å². The summed E-state index contributed by atoms with van der Waals surface area (Å²) in [5.41, 5.74) is 0. The highest BCUT2D eigenvalue weighted by Crippen LogP contribution is 2.35. The van der Waals surface area contributed by atoms with Gasteiger partial charge in [0.1, 0.15) is 0 Å². The van der Waals surface area contributed by atoms with Crippen LogP contribution in [-0.4, -0.2) is 30.0 Å². The van der Waals surface area contributed by atoms with Gasteiger partial charge in [-0.25, -0.2) is 0 Å². The van der Waals surface area contributed by atoms with Crippen molar-refractivity contribution in [1.82, 2.24) is 0 Å². The molecule has 0 amide bonds. The Morgan fingerprint density at radius 3 is 2.86 bits per heavy atom. The summed E-state index contributed by atoms with van der Waals surface area (Å²) in [4.78, 5) is 0. The topological polar surface area (TPSA) is 38.7 Å². The first kappa shape index (κ1) is 9.99. The maximum absolute atomic E-state index is 9.61. The largest absolute Gasteiger partial charge is 0.501 e. The molecule has 0 radical (unpaired) electrons. The van der Waals surface area contributed by atoms with Crippen molar-refractivity contribution in [2.45, 2.75) is 44.0 Å². The van der Waals surface area contributed by atoms with Crippen LogP contribution in [0.25, 0.3) is 0 Å². The van der Waals surface area contributed by atoms with E-state index in [-0.39, 0.29) is 18.3 Å². The maximum atomic E-state index is 9.61. The monoisotopic (exact) mass is 198 g/mol. The Morgan fingerprint density at radius 1 is 1.29 bits per heavy atom. The normalized spacial score (nSPS) is 41.8. The van der Waals surface area contributed by atoms with Crippen molar-refractivity contribution in [3.63, 3.8) is 0 Å². The Labute approximate surface area is 84.7 Å². The molecule has 0 spiro atoms. The van der Waals surface area contributed by atoms with Gasteiger partial charge in [0, 0.05) is 5.92 Å². The maximum Gasteiger partial charge on any atom is 0.0925 e. The van der Waals surface area contributed by atoms with Gasteiger partial charge < -0.3 is 14.6 Å². The summed E-state index contributed by atoms with van der Waals surface area (Å²) >= 11 is 0. The van der Waals surface area contributed by atoms with Gasteiger partial charge in [-0.05, 0) is 25.7 Å². The van der Waals surface area contributed by atoms with Gasteiger partial charge >= 0.3 is 0 Å². The number of hydrogen-bond acceptors (Lipinski definition) is 3. The van der Waals surface area contributed by atoms with E-state index in [1.807, 2.05) is 0 Å². The molecule has 14 heavy (non-hydrogen) atoms. The Balaban J connectivity index is 1.88. The highest BCUT2D eigenvalue weighted by molar-refractivity contribution is 4.87. The molecule has 0 saturated carbocycles. The molecule has 2 rings (SSSR count). The highest BCUT2D eigenvalue weighted by Gasteiger charge is 2.38. The molecule has 3 nitrogen and oxygen atoms in total. The van der Waals surface area contributed by atoms with Crippen LogP contribution in [0.4, 0.5) is 0 Å². The van der Waals surface area contributed by atoms with Crippen molar-refractivity contribution in [3.8, 4) is 0 Å². The third-order valence-electron chi connectivity index (χ3n) is 3.30. The Morgan fingerprint density at radius 2 is 2.07 bits per heavy atom. The number of aliphatic hydroxyl groups excluding tert-OH is 1. The van der Waals surface area contributed by atoms with Crippen LogP contribution in [0.5, 0.6) is 0 Å². The van der Waals surface area contributed by atoms with Crippen molar-refractivity contribution in [1.29, 1.82) is 0 Å². The average molecular weight is 198 g/mol. The van der Waals surface area contributed by atoms with Gasteiger partial charge in [0.25, 0.3) is 0 Å². The molecule has 3 heteroatoms. The quantitative estimate of drug-likeness (QED) is 0.698. The fourth-order valence-corrected chi connectivity index (χ4v) is 2.46. The van der Waals surface area contributed by atoms with Crippen molar-refractivity contribution in [2.24, 2.45) is 5.92 Å². The molecule has 0 aliphatic carbocycles. The molecule has 2 aliphatic heterocycles. The van der Waals surface area contributed by atoms with E-state index in [0.29, 0.717) is 12.5 Å². The van der Waals surface area contributed by atoms with Gasteiger partial charge in [0.2, 0.25) is 0 Å². The minimum absolute atomic E-state index is 0.0775. The first-order valence-corrected chi connectivity index (χ1v) is 5.37. The first-order valence-electron chi connectivity index (χ1n) is 5.37. The van der Waals surface area contributed by atoms with Gasteiger partial charge in [-0.3, -0.25) is 0 Å². The summed E-state index contributed by atoms with van der Waals surface area (Å²) in [6, 6.07) is 0. The number of hydrogen-bond donors (Lipinski definition) is 1. The lowest BCUT2D eigenvalue weighted by molar-refractivity contribution is -0.170. The molecule has 2 saturated heterocycles. The summed E-state index contributed by atoms with van der Waals surface area (Å²) in [6.45, 7) is 4.24. The second-order valence-electron chi connectivity index (χ2n) is 4.20. The second kappa shape index (κ2) is 4.32. The summed E-state index contributed by atoms with van der Waals surface area (Å²) in [7, 11) is 0. The molecule has 0 aromatic carbocycles. The molecular weight excluding hydrogens is 180 g/mol. The standard InChI is InChI=1S/C11H18O3/c1-2-13-7-8-3-5-11-9(12)4-6-10(8)14-11/h2,8-12H,1,3-7H2. The zero-order valence-electron chi connectivity index (χ0n) is 8.39. The molecule has 2 bridgehead atoms. The molecule has 80 valence electrons.